The van der Waals surface area contributed by atoms with Crippen LogP contribution in [0, 0.1) is 0 Å². The van der Waals surface area contributed by atoms with Crippen LogP contribution in [0.1, 0.15) is 40.5 Å². The summed E-state index contributed by atoms with van der Waals surface area (Å²) in [6, 6.07) is 0. The van der Waals surface area contributed by atoms with Crippen molar-refractivity contribution in [2.45, 2.75) is 46.3 Å². The molecule has 0 heterocycles. The fourth-order valence-electron chi connectivity index (χ4n) is 1.76. The molecule has 0 spiro atoms. The van der Waals surface area contributed by atoms with Crippen molar-refractivity contribution in [2.75, 3.05) is 33.5 Å². The maximum atomic E-state index is 5.99. The molecule has 0 aromatic heterocycles. The van der Waals surface area contributed by atoms with Crippen LogP contribution in [-0.2, 0) is 22.4 Å². The molecule has 0 fully saturated rings. The molecule has 0 aliphatic rings. The molecule has 0 aliphatic heterocycles. The number of ether oxygens (including phenoxy) is 1. The maximum absolute atomic E-state index is 5.99. The zero-order valence-electron chi connectivity index (χ0n) is 12.9. The quantitative estimate of drug-likeness (QED) is 0.436. The average molecular weight is 295 g/mol. The molecule has 0 aliphatic carbocycles. The van der Waals surface area contributed by atoms with Crippen LogP contribution in [0.25, 0.3) is 0 Å². The van der Waals surface area contributed by atoms with E-state index >= 15 is 0 Å². The van der Waals surface area contributed by atoms with Gasteiger partial charge < -0.3 is 28.2 Å². The van der Waals surface area contributed by atoms with Crippen molar-refractivity contribution >= 4 is 9.05 Å². The van der Waals surface area contributed by atoms with Crippen LogP contribution in [0.2, 0.25) is 0 Å². The topological polar surface area (TPSA) is 72.2 Å². The third-order valence-corrected chi connectivity index (χ3v) is 4.98. The normalized spacial score (nSPS) is 15.5. The van der Waals surface area contributed by atoms with Crippen LogP contribution < -0.4 is 5.73 Å². The van der Waals surface area contributed by atoms with Gasteiger partial charge >= 0.3 is 9.05 Å². The van der Waals surface area contributed by atoms with Gasteiger partial charge in [-0.1, -0.05) is 0 Å². The van der Waals surface area contributed by atoms with Crippen molar-refractivity contribution in [1.29, 1.82) is 0 Å². The van der Waals surface area contributed by atoms with Crippen LogP contribution in [0.4, 0.5) is 0 Å². The molecule has 0 saturated carbocycles. The second-order valence-electron chi connectivity index (χ2n) is 4.13. The lowest BCUT2D eigenvalue weighted by Gasteiger charge is -2.36. The Morgan fingerprint density at radius 2 is 1.63 bits per heavy atom. The molecular weight excluding hydrogens is 266 g/mol. The van der Waals surface area contributed by atoms with Crippen molar-refractivity contribution in [3.63, 3.8) is 0 Å². The fourth-order valence-corrected chi connectivity index (χ4v) is 3.68. The van der Waals surface area contributed by atoms with Crippen molar-refractivity contribution < 1.29 is 22.4 Å². The Bertz CT molecular complexity index is 226. The van der Waals surface area contributed by atoms with Crippen molar-refractivity contribution in [3.8, 4) is 0 Å². The van der Waals surface area contributed by atoms with Crippen molar-refractivity contribution in [3.05, 3.63) is 0 Å². The molecule has 0 amide bonds. The lowest BCUT2D eigenvalue weighted by molar-refractivity contribution is -0.217. The van der Waals surface area contributed by atoms with E-state index in [1.165, 1.54) is 7.11 Å². The first-order valence-corrected chi connectivity index (χ1v) is 8.52. The molecule has 0 rings (SSSR count). The highest BCUT2D eigenvalue weighted by atomic mass is 28.4. The predicted molar refractivity (Wildman–Crippen MR) is 75.4 cm³/mol. The Morgan fingerprint density at radius 1 is 1.05 bits per heavy atom. The lowest BCUT2D eigenvalue weighted by Crippen LogP contribution is -2.55. The summed E-state index contributed by atoms with van der Waals surface area (Å²) < 4.78 is 28.3. The van der Waals surface area contributed by atoms with Crippen molar-refractivity contribution in [2.24, 2.45) is 5.73 Å². The highest BCUT2D eigenvalue weighted by molar-refractivity contribution is 6.53. The van der Waals surface area contributed by atoms with Gasteiger partial charge in [-0.25, -0.2) is 0 Å². The summed E-state index contributed by atoms with van der Waals surface area (Å²) in [6.45, 7) is 9.57. The van der Waals surface area contributed by atoms with Crippen LogP contribution in [-0.4, -0.2) is 48.3 Å². The molecule has 0 radical (unpaired) electrons. The molecule has 7 heteroatoms. The third kappa shape index (κ3) is 6.80. The van der Waals surface area contributed by atoms with Crippen LogP contribution in [0.3, 0.4) is 0 Å². The van der Waals surface area contributed by atoms with Crippen LogP contribution in [0.5, 0.6) is 0 Å². The van der Waals surface area contributed by atoms with Gasteiger partial charge in [0.15, 0.2) is 5.79 Å². The van der Waals surface area contributed by atoms with Gasteiger partial charge in [-0.05, 0) is 40.7 Å². The van der Waals surface area contributed by atoms with E-state index in [4.69, 9.17) is 28.2 Å². The van der Waals surface area contributed by atoms with Gasteiger partial charge in [0, 0.05) is 33.4 Å². The molecular formula is C12H29NO5Si. The number of hydrogen-bond donors (Lipinski definition) is 1. The van der Waals surface area contributed by atoms with Gasteiger partial charge in [-0.3, -0.25) is 0 Å². The van der Waals surface area contributed by atoms with Gasteiger partial charge in [0.05, 0.1) is 0 Å². The Hall–Kier alpha value is -0.0231. The Balaban J connectivity index is 4.88. The summed E-state index contributed by atoms with van der Waals surface area (Å²) in [5.41, 5.74) is 5.55. The molecule has 19 heavy (non-hydrogen) atoms. The van der Waals surface area contributed by atoms with E-state index in [0.29, 0.717) is 32.8 Å². The largest absolute Gasteiger partial charge is 0.681 e. The number of rotatable bonds is 12. The molecule has 116 valence electrons. The fraction of sp³-hybridized carbons (Fsp3) is 1.00. The van der Waals surface area contributed by atoms with Crippen molar-refractivity contribution in [1.82, 2.24) is 0 Å². The molecule has 6 nitrogen and oxygen atoms in total. The second-order valence-corrected chi connectivity index (χ2v) is 6.32. The molecule has 2 N–H and O–H groups in total. The van der Waals surface area contributed by atoms with E-state index < -0.39 is 14.8 Å². The maximum Gasteiger partial charge on any atom is 0.681 e. The van der Waals surface area contributed by atoms with Gasteiger partial charge in [-0.15, -0.1) is 0 Å². The van der Waals surface area contributed by atoms with Gasteiger partial charge in [0.2, 0.25) is 0 Å². The first-order valence-electron chi connectivity index (χ1n) is 6.88. The highest BCUT2D eigenvalue weighted by Gasteiger charge is 2.50. The van der Waals surface area contributed by atoms with Crippen LogP contribution >= 0.6 is 0 Å². The monoisotopic (exact) mass is 295 g/mol. The summed E-state index contributed by atoms with van der Waals surface area (Å²) >= 11 is 0. The summed E-state index contributed by atoms with van der Waals surface area (Å²) in [5.74, 6) is -0.805. The van der Waals surface area contributed by atoms with Crippen LogP contribution in [0.15, 0.2) is 0 Å². The second kappa shape index (κ2) is 9.81. The Morgan fingerprint density at radius 3 is 2.00 bits per heavy atom. The highest BCUT2D eigenvalue weighted by Crippen LogP contribution is 2.26. The van der Waals surface area contributed by atoms with E-state index in [1.54, 1.807) is 0 Å². The van der Waals surface area contributed by atoms with E-state index in [2.05, 4.69) is 0 Å². The molecule has 0 aromatic carbocycles. The number of hydrogen-bond acceptors (Lipinski definition) is 6. The summed E-state index contributed by atoms with van der Waals surface area (Å²) in [6.07, 6.45) is 1.46. The standard InChI is InChI=1S/C12H29NO5Si/c1-6-15-12(4,10-9-11-13)18-19(14-5,16-7-2)17-8-3/h6-11,13H2,1-5H3. The third-order valence-electron chi connectivity index (χ3n) is 2.52. The SMILES string of the molecule is CCOC(C)(CCCN)O[Si](OC)(OCC)OCC. The minimum atomic E-state index is -3.16. The Kier molecular flexibility index (Phi) is 9.80. The predicted octanol–water partition coefficient (Wildman–Crippen LogP) is 1.65. The molecule has 0 bridgehead atoms. The molecule has 0 aromatic rings. The van der Waals surface area contributed by atoms with Gasteiger partial charge in [0.25, 0.3) is 0 Å². The molecule has 1 atom stereocenters. The number of nitrogens with two attached hydrogens (primary N) is 1. The minimum absolute atomic E-state index is 0.457. The van der Waals surface area contributed by atoms with E-state index in [9.17, 15) is 0 Å². The molecule has 1 unspecified atom stereocenters. The van der Waals surface area contributed by atoms with Gasteiger partial charge in [0.1, 0.15) is 0 Å². The zero-order chi connectivity index (χ0) is 14.8. The smallest absolute Gasteiger partial charge is 0.355 e. The Labute approximate surface area is 118 Å². The van der Waals surface area contributed by atoms with E-state index in [-0.39, 0.29) is 0 Å². The van der Waals surface area contributed by atoms with E-state index in [0.717, 1.165) is 6.42 Å². The first kappa shape index (κ1) is 19.0. The summed E-state index contributed by atoms with van der Waals surface area (Å²) in [5, 5.41) is 0. The average Bonchev–Trinajstić information content (AvgIpc) is 2.37. The molecule has 0 saturated heterocycles. The lowest BCUT2D eigenvalue weighted by atomic mass is 10.2. The summed E-state index contributed by atoms with van der Waals surface area (Å²) in [7, 11) is -1.62. The summed E-state index contributed by atoms with van der Waals surface area (Å²) in [4.78, 5) is 0. The zero-order valence-corrected chi connectivity index (χ0v) is 13.9. The van der Waals surface area contributed by atoms with Gasteiger partial charge in [-0.2, -0.15) is 0 Å². The minimum Gasteiger partial charge on any atom is -0.355 e. The first-order chi connectivity index (χ1) is 9.01. The van der Waals surface area contributed by atoms with E-state index in [1.807, 2.05) is 27.7 Å².